The molecule has 0 unspecified atom stereocenters. The van der Waals surface area contributed by atoms with Crippen LogP contribution >= 0.6 is 0 Å². The highest BCUT2D eigenvalue weighted by Crippen LogP contribution is 2.27. The first kappa shape index (κ1) is 13.9. The van der Waals surface area contributed by atoms with E-state index in [2.05, 4.69) is 23.2 Å². The maximum atomic E-state index is 11.2. The number of anilines is 1. The summed E-state index contributed by atoms with van der Waals surface area (Å²) < 4.78 is 0. The van der Waals surface area contributed by atoms with Gasteiger partial charge in [0.1, 0.15) is 0 Å². The van der Waals surface area contributed by atoms with Gasteiger partial charge in [-0.25, -0.2) is 0 Å². The van der Waals surface area contributed by atoms with E-state index in [0.29, 0.717) is 5.56 Å². The highest BCUT2D eigenvalue weighted by Gasteiger charge is 2.28. The Morgan fingerprint density at radius 3 is 2.47 bits per heavy atom. The topological polar surface area (TPSA) is 58.4 Å². The second kappa shape index (κ2) is 5.21. The van der Waals surface area contributed by atoms with Gasteiger partial charge >= 0.3 is 0 Å². The van der Waals surface area contributed by atoms with Crippen LogP contribution in [-0.4, -0.2) is 31.6 Å². The lowest BCUT2D eigenvalue weighted by molar-refractivity contribution is 0.1000. The van der Waals surface area contributed by atoms with Gasteiger partial charge in [-0.05, 0) is 57.5 Å². The SMILES string of the molecule is CNC1(C)CCN(c2ccc(C(N)=O)c(C)c2)CC1. The van der Waals surface area contributed by atoms with Crippen molar-refractivity contribution < 1.29 is 4.79 Å². The van der Waals surface area contributed by atoms with Crippen LogP contribution in [0, 0.1) is 6.92 Å². The fraction of sp³-hybridized carbons (Fsp3) is 0.533. The molecule has 1 aliphatic rings. The minimum atomic E-state index is -0.356. The van der Waals surface area contributed by atoms with E-state index in [-0.39, 0.29) is 11.4 Å². The minimum Gasteiger partial charge on any atom is -0.371 e. The number of aryl methyl sites for hydroxylation is 1. The number of amides is 1. The molecular formula is C15H23N3O. The standard InChI is InChI=1S/C15H23N3O/c1-11-10-12(4-5-13(11)14(16)19)18-8-6-15(2,17-3)7-9-18/h4-5,10,17H,6-9H2,1-3H3,(H2,16,19). The largest absolute Gasteiger partial charge is 0.371 e. The number of nitrogens with zero attached hydrogens (tertiary/aromatic N) is 1. The molecule has 2 rings (SSSR count). The van der Waals surface area contributed by atoms with Crippen LogP contribution in [0.3, 0.4) is 0 Å². The van der Waals surface area contributed by atoms with Crippen LogP contribution < -0.4 is 16.0 Å². The smallest absolute Gasteiger partial charge is 0.248 e. The van der Waals surface area contributed by atoms with E-state index in [0.717, 1.165) is 31.5 Å². The Morgan fingerprint density at radius 2 is 2.00 bits per heavy atom. The molecule has 0 radical (unpaired) electrons. The predicted molar refractivity (Wildman–Crippen MR) is 78.6 cm³/mol. The molecule has 1 fully saturated rings. The third kappa shape index (κ3) is 2.89. The van der Waals surface area contributed by atoms with Crippen molar-refractivity contribution in [3.05, 3.63) is 29.3 Å². The molecule has 3 N–H and O–H groups in total. The summed E-state index contributed by atoms with van der Waals surface area (Å²) in [5.41, 5.74) is 8.33. The lowest BCUT2D eigenvalue weighted by Gasteiger charge is -2.40. The van der Waals surface area contributed by atoms with E-state index < -0.39 is 0 Å². The van der Waals surface area contributed by atoms with Crippen molar-refractivity contribution in [3.63, 3.8) is 0 Å². The van der Waals surface area contributed by atoms with Crippen molar-refractivity contribution in [2.45, 2.75) is 32.2 Å². The summed E-state index contributed by atoms with van der Waals surface area (Å²) in [4.78, 5) is 13.6. The summed E-state index contributed by atoms with van der Waals surface area (Å²) in [6.45, 7) is 6.27. The Balaban J connectivity index is 2.12. The van der Waals surface area contributed by atoms with Gasteiger partial charge in [-0.3, -0.25) is 4.79 Å². The van der Waals surface area contributed by atoms with E-state index >= 15 is 0 Å². The summed E-state index contributed by atoms with van der Waals surface area (Å²) in [6.07, 6.45) is 2.25. The molecule has 0 aliphatic carbocycles. The lowest BCUT2D eigenvalue weighted by atomic mass is 9.89. The van der Waals surface area contributed by atoms with Gasteiger partial charge in [0.05, 0.1) is 0 Å². The molecule has 1 amide bonds. The number of carbonyl (C=O) groups is 1. The van der Waals surface area contributed by atoms with E-state index in [1.165, 1.54) is 5.69 Å². The summed E-state index contributed by atoms with van der Waals surface area (Å²) in [5, 5.41) is 3.40. The van der Waals surface area contributed by atoms with Crippen LogP contribution in [0.1, 0.15) is 35.7 Å². The molecule has 1 saturated heterocycles. The summed E-state index contributed by atoms with van der Waals surface area (Å²) >= 11 is 0. The Bertz CT molecular complexity index is 476. The van der Waals surface area contributed by atoms with Crippen molar-refractivity contribution in [2.24, 2.45) is 5.73 Å². The molecule has 1 aromatic carbocycles. The Morgan fingerprint density at radius 1 is 1.37 bits per heavy atom. The second-order valence-electron chi connectivity index (χ2n) is 5.66. The molecule has 0 bridgehead atoms. The van der Waals surface area contributed by atoms with Crippen LogP contribution in [0.25, 0.3) is 0 Å². The first-order chi connectivity index (χ1) is 8.95. The first-order valence-corrected chi connectivity index (χ1v) is 6.79. The molecule has 0 spiro atoms. The second-order valence-corrected chi connectivity index (χ2v) is 5.66. The number of rotatable bonds is 3. The normalized spacial score (nSPS) is 18.4. The fourth-order valence-electron chi connectivity index (χ4n) is 2.63. The highest BCUT2D eigenvalue weighted by molar-refractivity contribution is 5.94. The van der Waals surface area contributed by atoms with E-state index in [1.54, 1.807) is 0 Å². The first-order valence-electron chi connectivity index (χ1n) is 6.79. The molecule has 1 heterocycles. The van der Waals surface area contributed by atoms with Gasteiger partial charge in [0.15, 0.2) is 0 Å². The number of benzene rings is 1. The van der Waals surface area contributed by atoms with Gasteiger partial charge in [0.2, 0.25) is 5.91 Å². The van der Waals surface area contributed by atoms with Crippen molar-refractivity contribution in [2.75, 3.05) is 25.0 Å². The third-order valence-electron chi connectivity index (χ3n) is 4.31. The van der Waals surface area contributed by atoms with Crippen molar-refractivity contribution in [1.29, 1.82) is 0 Å². The van der Waals surface area contributed by atoms with Gasteiger partial charge in [0, 0.05) is 29.9 Å². The summed E-state index contributed by atoms with van der Waals surface area (Å²) in [6, 6.07) is 5.89. The molecule has 1 aromatic rings. The zero-order chi connectivity index (χ0) is 14.0. The number of piperidine rings is 1. The van der Waals surface area contributed by atoms with Crippen LogP contribution in [-0.2, 0) is 0 Å². The van der Waals surface area contributed by atoms with Crippen LogP contribution in [0.4, 0.5) is 5.69 Å². The monoisotopic (exact) mass is 261 g/mol. The Kier molecular flexibility index (Phi) is 3.80. The average Bonchev–Trinajstić information content (AvgIpc) is 2.39. The Labute approximate surface area is 115 Å². The molecule has 104 valence electrons. The predicted octanol–water partition coefficient (Wildman–Crippen LogP) is 1.67. The third-order valence-corrected chi connectivity index (χ3v) is 4.31. The zero-order valence-corrected chi connectivity index (χ0v) is 12.0. The van der Waals surface area contributed by atoms with Crippen LogP contribution in [0.2, 0.25) is 0 Å². The number of hydrogen-bond acceptors (Lipinski definition) is 3. The summed E-state index contributed by atoms with van der Waals surface area (Å²) in [7, 11) is 2.03. The van der Waals surface area contributed by atoms with Gasteiger partial charge in [-0.15, -0.1) is 0 Å². The average molecular weight is 261 g/mol. The van der Waals surface area contributed by atoms with E-state index in [9.17, 15) is 4.79 Å². The van der Waals surface area contributed by atoms with Gasteiger partial charge < -0.3 is 16.0 Å². The molecule has 1 aliphatic heterocycles. The zero-order valence-electron chi connectivity index (χ0n) is 12.0. The number of carbonyl (C=O) groups excluding carboxylic acids is 1. The maximum absolute atomic E-state index is 11.2. The van der Waals surface area contributed by atoms with Crippen molar-refractivity contribution >= 4 is 11.6 Å². The molecule has 4 heteroatoms. The van der Waals surface area contributed by atoms with Crippen LogP contribution in [0.15, 0.2) is 18.2 Å². The Hall–Kier alpha value is -1.55. The van der Waals surface area contributed by atoms with Gasteiger partial charge in [0.25, 0.3) is 0 Å². The molecule has 19 heavy (non-hydrogen) atoms. The number of nitrogens with two attached hydrogens (primary N) is 1. The molecule has 0 saturated carbocycles. The quantitative estimate of drug-likeness (QED) is 0.870. The van der Waals surface area contributed by atoms with Gasteiger partial charge in [-0.2, -0.15) is 0 Å². The van der Waals surface area contributed by atoms with Gasteiger partial charge in [-0.1, -0.05) is 0 Å². The lowest BCUT2D eigenvalue weighted by Crippen LogP contribution is -2.50. The van der Waals surface area contributed by atoms with Crippen LogP contribution in [0.5, 0.6) is 0 Å². The number of hydrogen-bond donors (Lipinski definition) is 2. The van der Waals surface area contributed by atoms with E-state index in [1.807, 2.05) is 26.1 Å². The number of nitrogens with one attached hydrogen (secondary N) is 1. The summed E-state index contributed by atoms with van der Waals surface area (Å²) in [5.74, 6) is -0.356. The molecule has 0 aromatic heterocycles. The molecular weight excluding hydrogens is 238 g/mol. The minimum absolute atomic E-state index is 0.249. The molecule has 4 nitrogen and oxygen atoms in total. The molecule has 0 atom stereocenters. The maximum Gasteiger partial charge on any atom is 0.248 e. The van der Waals surface area contributed by atoms with Crippen molar-refractivity contribution in [1.82, 2.24) is 5.32 Å². The number of primary amides is 1. The highest BCUT2D eigenvalue weighted by atomic mass is 16.1. The van der Waals surface area contributed by atoms with Crippen molar-refractivity contribution in [3.8, 4) is 0 Å². The fourth-order valence-corrected chi connectivity index (χ4v) is 2.63. The van der Waals surface area contributed by atoms with E-state index in [4.69, 9.17) is 5.73 Å².